The molecule has 0 saturated carbocycles. The van der Waals surface area contributed by atoms with Crippen LogP contribution in [0.1, 0.15) is 162 Å². The van der Waals surface area contributed by atoms with Gasteiger partial charge in [-0.25, -0.2) is 0 Å². The number of carbonyl (C=O) groups is 2. The molecule has 1 atom stereocenters. The molecule has 45 heavy (non-hydrogen) atoms. The molecule has 0 amide bonds. The summed E-state index contributed by atoms with van der Waals surface area (Å²) in [6, 6.07) is 0. The topological polar surface area (TPSA) is 72.8 Å². The van der Waals surface area contributed by atoms with Gasteiger partial charge in [0.1, 0.15) is 6.61 Å². The lowest BCUT2D eigenvalue weighted by Crippen LogP contribution is -2.28. The fraction of sp³-hybridized carbons (Fsp3) is 0.700. The Kier molecular flexibility index (Phi) is 34.1. The van der Waals surface area contributed by atoms with E-state index in [0.29, 0.717) is 12.8 Å². The van der Waals surface area contributed by atoms with Crippen molar-refractivity contribution in [3.63, 3.8) is 0 Å². The van der Waals surface area contributed by atoms with Crippen LogP contribution in [0.3, 0.4) is 0 Å². The molecule has 0 rings (SSSR count). The van der Waals surface area contributed by atoms with Crippen LogP contribution in [0.25, 0.3) is 0 Å². The summed E-state index contributed by atoms with van der Waals surface area (Å²) in [5.41, 5.74) is 0. The Morgan fingerprint density at radius 3 is 1.53 bits per heavy atom. The Balaban J connectivity index is 3.64. The lowest BCUT2D eigenvalue weighted by Gasteiger charge is -2.15. The maximum atomic E-state index is 12.1. The fourth-order valence-electron chi connectivity index (χ4n) is 4.85. The van der Waals surface area contributed by atoms with Gasteiger partial charge in [-0.2, -0.15) is 0 Å². The normalized spacial score (nSPS) is 12.9. The van der Waals surface area contributed by atoms with Crippen LogP contribution in [0.15, 0.2) is 60.8 Å². The first-order valence-electron chi connectivity index (χ1n) is 18.4. The molecule has 0 saturated heterocycles. The molecular formula is C40H68O5. The van der Waals surface area contributed by atoms with Crippen LogP contribution in [-0.2, 0) is 19.1 Å². The van der Waals surface area contributed by atoms with Gasteiger partial charge in [-0.3, -0.25) is 9.59 Å². The van der Waals surface area contributed by atoms with Gasteiger partial charge in [0.05, 0.1) is 6.61 Å². The van der Waals surface area contributed by atoms with Crippen molar-refractivity contribution in [3.05, 3.63) is 60.8 Å². The van der Waals surface area contributed by atoms with Crippen LogP contribution in [0.4, 0.5) is 0 Å². The summed E-state index contributed by atoms with van der Waals surface area (Å²) in [5.74, 6) is -0.651. The number of rotatable bonds is 32. The van der Waals surface area contributed by atoms with Crippen LogP contribution in [-0.4, -0.2) is 36.4 Å². The molecule has 1 N–H and O–H groups in total. The monoisotopic (exact) mass is 629 g/mol. The highest BCUT2D eigenvalue weighted by atomic mass is 16.6. The molecule has 0 fully saturated rings. The van der Waals surface area contributed by atoms with Gasteiger partial charge >= 0.3 is 11.9 Å². The highest BCUT2D eigenvalue weighted by Gasteiger charge is 2.16. The summed E-state index contributed by atoms with van der Waals surface area (Å²) < 4.78 is 10.5. The lowest BCUT2D eigenvalue weighted by atomic mass is 10.1. The molecule has 0 spiro atoms. The molecule has 5 heteroatoms. The molecule has 0 aromatic heterocycles. The third-order valence-corrected chi connectivity index (χ3v) is 7.64. The fourth-order valence-corrected chi connectivity index (χ4v) is 4.85. The highest BCUT2D eigenvalue weighted by molar-refractivity contribution is 5.70. The number of hydrogen-bond acceptors (Lipinski definition) is 5. The van der Waals surface area contributed by atoms with E-state index >= 15 is 0 Å². The van der Waals surface area contributed by atoms with E-state index in [-0.39, 0.29) is 25.2 Å². The van der Waals surface area contributed by atoms with Crippen molar-refractivity contribution >= 4 is 11.9 Å². The summed E-state index contributed by atoms with van der Waals surface area (Å²) in [4.78, 5) is 24.2. The zero-order chi connectivity index (χ0) is 32.9. The quantitative estimate of drug-likeness (QED) is 0.0347. The van der Waals surface area contributed by atoms with E-state index in [0.717, 1.165) is 57.8 Å². The minimum atomic E-state index is -0.792. The van der Waals surface area contributed by atoms with E-state index in [2.05, 4.69) is 38.2 Å². The number of ether oxygens (including phenoxy) is 2. The van der Waals surface area contributed by atoms with Crippen molar-refractivity contribution in [2.75, 3.05) is 13.2 Å². The van der Waals surface area contributed by atoms with Crippen molar-refractivity contribution in [2.45, 2.75) is 168 Å². The molecule has 0 bridgehead atoms. The summed E-state index contributed by atoms with van der Waals surface area (Å²) in [7, 11) is 0. The molecule has 0 aliphatic heterocycles. The SMILES string of the molecule is CC/C=C/C=C/C=C/C=C/CCCCCC(=O)OCC(CO)OC(=O)CCCCCCC/C=C/CCCCCCCCCCC. The third-order valence-electron chi connectivity index (χ3n) is 7.64. The molecule has 258 valence electrons. The predicted octanol–water partition coefficient (Wildman–Crippen LogP) is 11.2. The van der Waals surface area contributed by atoms with Gasteiger partial charge in [0.2, 0.25) is 0 Å². The van der Waals surface area contributed by atoms with Crippen molar-refractivity contribution in [1.82, 2.24) is 0 Å². The van der Waals surface area contributed by atoms with E-state index in [1.54, 1.807) is 0 Å². The summed E-state index contributed by atoms with van der Waals surface area (Å²) in [6.07, 6.45) is 45.7. The maximum Gasteiger partial charge on any atom is 0.306 e. The Hall–Kier alpha value is -2.40. The molecular weight excluding hydrogens is 560 g/mol. The zero-order valence-corrected chi connectivity index (χ0v) is 29.1. The number of esters is 2. The van der Waals surface area contributed by atoms with E-state index < -0.39 is 6.10 Å². The van der Waals surface area contributed by atoms with Crippen LogP contribution in [0.5, 0.6) is 0 Å². The average Bonchev–Trinajstić information content (AvgIpc) is 3.04. The first kappa shape index (κ1) is 42.6. The average molecular weight is 629 g/mol. The van der Waals surface area contributed by atoms with Crippen LogP contribution in [0.2, 0.25) is 0 Å². The van der Waals surface area contributed by atoms with Gasteiger partial charge in [0, 0.05) is 12.8 Å². The van der Waals surface area contributed by atoms with Crippen molar-refractivity contribution in [2.24, 2.45) is 0 Å². The van der Waals surface area contributed by atoms with Crippen LogP contribution < -0.4 is 0 Å². The molecule has 0 radical (unpaired) electrons. The van der Waals surface area contributed by atoms with Gasteiger partial charge in [-0.05, 0) is 57.8 Å². The second kappa shape index (κ2) is 36.1. The smallest absolute Gasteiger partial charge is 0.306 e. The molecule has 5 nitrogen and oxygen atoms in total. The van der Waals surface area contributed by atoms with Gasteiger partial charge in [0.15, 0.2) is 6.10 Å². The van der Waals surface area contributed by atoms with Crippen LogP contribution in [0, 0.1) is 0 Å². The van der Waals surface area contributed by atoms with E-state index in [1.165, 1.54) is 77.0 Å². The number of hydrogen-bond donors (Lipinski definition) is 1. The number of aliphatic hydroxyl groups excluding tert-OH is 1. The zero-order valence-electron chi connectivity index (χ0n) is 29.1. The number of unbranched alkanes of at least 4 members (excludes halogenated alkanes) is 17. The number of aliphatic hydroxyl groups is 1. The number of allylic oxidation sites excluding steroid dienone is 10. The molecule has 0 heterocycles. The Morgan fingerprint density at radius 2 is 0.978 bits per heavy atom. The largest absolute Gasteiger partial charge is 0.462 e. The Labute approximate surface area is 277 Å². The standard InChI is InChI=1S/C40H68O5/c1-3-5-7-9-11-13-15-17-18-19-20-21-23-25-27-29-31-33-35-40(43)45-38(36-41)37-44-39(42)34-32-30-28-26-24-22-16-14-12-10-8-6-4-2/h6,8,10,12,14,16,20-22,24,38,41H,3-5,7,9,11,13,15,17-19,23,25-37H2,1-2H3/b8-6+,12-10+,16-14+,21-20+,24-22+. The second-order valence-electron chi connectivity index (χ2n) is 12.0. The molecule has 0 aromatic rings. The molecule has 0 aliphatic carbocycles. The maximum absolute atomic E-state index is 12.1. The Morgan fingerprint density at radius 1 is 0.533 bits per heavy atom. The lowest BCUT2D eigenvalue weighted by molar-refractivity contribution is -0.161. The number of carbonyl (C=O) groups excluding carboxylic acids is 2. The third kappa shape index (κ3) is 34.3. The summed E-state index contributed by atoms with van der Waals surface area (Å²) in [6.45, 7) is 3.94. The molecule has 0 aromatic carbocycles. The van der Waals surface area contributed by atoms with Crippen molar-refractivity contribution in [3.8, 4) is 0 Å². The van der Waals surface area contributed by atoms with E-state index in [1.807, 2.05) is 36.5 Å². The summed E-state index contributed by atoms with van der Waals surface area (Å²) >= 11 is 0. The first-order valence-corrected chi connectivity index (χ1v) is 18.4. The minimum absolute atomic E-state index is 0.0918. The Bertz CT molecular complexity index is 808. The second-order valence-corrected chi connectivity index (χ2v) is 12.0. The van der Waals surface area contributed by atoms with Crippen molar-refractivity contribution in [1.29, 1.82) is 0 Å². The molecule has 0 aliphatic rings. The molecule has 1 unspecified atom stereocenters. The van der Waals surface area contributed by atoms with Gasteiger partial charge in [0.25, 0.3) is 0 Å². The predicted molar refractivity (Wildman–Crippen MR) is 191 cm³/mol. The highest BCUT2D eigenvalue weighted by Crippen LogP contribution is 2.12. The van der Waals surface area contributed by atoms with Gasteiger partial charge in [-0.1, -0.05) is 152 Å². The van der Waals surface area contributed by atoms with Crippen LogP contribution >= 0.6 is 0 Å². The minimum Gasteiger partial charge on any atom is -0.462 e. The van der Waals surface area contributed by atoms with Gasteiger partial charge in [-0.15, -0.1) is 0 Å². The summed E-state index contributed by atoms with van der Waals surface area (Å²) in [5, 5.41) is 9.52. The first-order chi connectivity index (χ1) is 22.1. The van der Waals surface area contributed by atoms with Crippen molar-refractivity contribution < 1.29 is 24.2 Å². The van der Waals surface area contributed by atoms with E-state index in [9.17, 15) is 14.7 Å². The van der Waals surface area contributed by atoms with Gasteiger partial charge < -0.3 is 14.6 Å². The van der Waals surface area contributed by atoms with E-state index in [4.69, 9.17) is 9.47 Å².